The van der Waals surface area contributed by atoms with Crippen molar-refractivity contribution in [1.82, 2.24) is 10.3 Å². The summed E-state index contributed by atoms with van der Waals surface area (Å²) >= 11 is 0. The molecule has 0 saturated heterocycles. The zero-order valence-corrected chi connectivity index (χ0v) is 9.83. The monoisotopic (exact) mass is 247 g/mol. The van der Waals surface area contributed by atoms with Crippen LogP contribution in [-0.4, -0.2) is 28.0 Å². The lowest BCUT2D eigenvalue weighted by atomic mass is 10.0. The zero-order valence-electron chi connectivity index (χ0n) is 9.83. The molecule has 0 aliphatic carbocycles. The lowest BCUT2D eigenvalue weighted by Gasteiger charge is -2.15. The smallest absolute Gasteiger partial charge is 0.326 e. The maximum Gasteiger partial charge on any atom is 0.326 e. The minimum absolute atomic E-state index is 0.0673. The molecule has 1 aromatic heterocycles. The van der Waals surface area contributed by atoms with Crippen molar-refractivity contribution in [2.24, 2.45) is 5.92 Å². The van der Waals surface area contributed by atoms with Gasteiger partial charge in [0.25, 0.3) is 5.91 Å². The van der Waals surface area contributed by atoms with Crippen molar-refractivity contribution in [2.75, 3.05) is 0 Å². The van der Waals surface area contributed by atoms with Crippen molar-refractivity contribution >= 4 is 11.9 Å². The van der Waals surface area contributed by atoms with Crippen LogP contribution in [0, 0.1) is 17.2 Å². The molecule has 0 radical (unpaired) electrons. The van der Waals surface area contributed by atoms with E-state index in [1.165, 1.54) is 18.5 Å². The fraction of sp³-hybridized carbons (Fsp3) is 0.333. The quantitative estimate of drug-likeness (QED) is 0.801. The highest BCUT2D eigenvalue weighted by Gasteiger charge is 2.22. The van der Waals surface area contributed by atoms with Crippen molar-refractivity contribution < 1.29 is 14.7 Å². The van der Waals surface area contributed by atoms with Gasteiger partial charge in [0.1, 0.15) is 6.04 Å². The molecule has 1 aromatic rings. The molecule has 0 aliphatic heterocycles. The van der Waals surface area contributed by atoms with Crippen LogP contribution in [0.25, 0.3) is 0 Å². The molecule has 0 fully saturated rings. The van der Waals surface area contributed by atoms with Crippen molar-refractivity contribution in [1.29, 1.82) is 5.26 Å². The fourth-order valence-electron chi connectivity index (χ4n) is 1.37. The van der Waals surface area contributed by atoms with E-state index >= 15 is 0 Å². The van der Waals surface area contributed by atoms with Gasteiger partial charge in [-0.3, -0.25) is 9.78 Å². The largest absolute Gasteiger partial charge is 0.480 e. The van der Waals surface area contributed by atoms with Crippen molar-refractivity contribution in [3.05, 3.63) is 30.1 Å². The first-order chi connectivity index (χ1) is 8.54. The van der Waals surface area contributed by atoms with E-state index in [0.29, 0.717) is 0 Å². The summed E-state index contributed by atoms with van der Waals surface area (Å²) < 4.78 is 0. The Labute approximate surface area is 104 Å². The first kappa shape index (κ1) is 13.6. The molecule has 1 rings (SSSR count). The fourth-order valence-corrected chi connectivity index (χ4v) is 1.37. The molecule has 94 valence electrons. The van der Waals surface area contributed by atoms with Gasteiger partial charge in [0, 0.05) is 18.3 Å². The third-order valence-electron chi connectivity index (χ3n) is 2.34. The Morgan fingerprint density at radius 2 is 2.33 bits per heavy atom. The van der Waals surface area contributed by atoms with E-state index < -0.39 is 23.8 Å². The van der Waals surface area contributed by atoms with Crippen LogP contribution in [-0.2, 0) is 4.79 Å². The summed E-state index contributed by atoms with van der Waals surface area (Å²) in [7, 11) is 0. The second-order valence-corrected chi connectivity index (χ2v) is 3.87. The molecule has 2 atom stereocenters. The number of carbonyl (C=O) groups is 2. The molecule has 18 heavy (non-hydrogen) atoms. The van der Waals surface area contributed by atoms with Crippen LogP contribution in [0.2, 0.25) is 0 Å². The Balaban J connectivity index is 2.71. The predicted molar refractivity (Wildman–Crippen MR) is 62.5 cm³/mol. The molecule has 0 spiro atoms. The maximum atomic E-state index is 11.7. The Bertz CT molecular complexity index is 467. The summed E-state index contributed by atoms with van der Waals surface area (Å²) in [6.45, 7) is 1.60. The van der Waals surface area contributed by atoms with Crippen molar-refractivity contribution in [2.45, 2.75) is 19.4 Å². The molecule has 1 amide bonds. The number of nitrogens with one attached hydrogen (secondary N) is 1. The van der Waals surface area contributed by atoms with Gasteiger partial charge in [-0.2, -0.15) is 5.26 Å². The maximum absolute atomic E-state index is 11.7. The van der Waals surface area contributed by atoms with E-state index in [2.05, 4.69) is 10.3 Å². The molecule has 0 aromatic carbocycles. The standard InChI is InChI=1S/C12H13N3O3/c1-8(6-13)5-10(12(17)18)15-11(16)9-3-2-4-14-7-9/h2-4,7-8,10H,5H2,1H3,(H,15,16)(H,17,18)/t8-,10-/m0/s1. The van der Waals surface area contributed by atoms with E-state index in [0.717, 1.165) is 0 Å². The average Bonchev–Trinajstić information content (AvgIpc) is 2.38. The lowest BCUT2D eigenvalue weighted by Crippen LogP contribution is -2.41. The minimum atomic E-state index is -1.16. The molecule has 2 N–H and O–H groups in total. The number of aromatic nitrogens is 1. The average molecular weight is 247 g/mol. The Morgan fingerprint density at radius 3 is 2.83 bits per heavy atom. The third-order valence-corrected chi connectivity index (χ3v) is 2.34. The molecule has 6 heteroatoms. The van der Waals surface area contributed by atoms with Gasteiger partial charge < -0.3 is 10.4 Å². The van der Waals surface area contributed by atoms with Gasteiger partial charge >= 0.3 is 5.97 Å². The van der Waals surface area contributed by atoms with E-state index in [9.17, 15) is 9.59 Å². The number of carboxylic acids is 1. The molecule has 0 aliphatic rings. The van der Waals surface area contributed by atoms with E-state index in [1.807, 2.05) is 6.07 Å². The summed E-state index contributed by atoms with van der Waals surface area (Å²) in [6.07, 6.45) is 2.93. The van der Waals surface area contributed by atoms with Gasteiger partial charge in [-0.1, -0.05) is 0 Å². The molecule has 0 saturated carbocycles. The summed E-state index contributed by atoms with van der Waals surface area (Å²) in [5, 5.41) is 20.0. The normalized spacial score (nSPS) is 13.1. The SMILES string of the molecule is C[C@H](C#N)C[C@H](NC(=O)c1cccnc1)C(=O)O. The first-order valence-corrected chi connectivity index (χ1v) is 5.38. The Kier molecular flexibility index (Phi) is 4.81. The summed E-state index contributed by atoms with van der Waals surface area (Å²) in [6, 6.07) is 3.98. The van der Waals surface area contributed by atoms with Gasteiger partial charge in [0.05, 0.1) is 11.6 Å². The number of aliphatic carboxylic acids is 1. The second kappa shape index (κ2) is 6.35. The van der Waals surface area contributed by atoms with E-state index in [-0.39, 0.29) is 12.0 Å². The lowest BCUT2D eigenvalue weighted by molar-refractivity contribution is -0.139. The van der Waals surface area contributed by atoms with E-state index in [1.54, 1.807) is 13.0 Å². The van der Waals surface area contributed by atoms with Crippen LogP contribution in [0.5, 0.6) is 0 Å². The Morgan fingerprint density at radius 1 is 1.61 bits per heavy atom. The van der Waals surface area contributed by atoms with Crippen molar-refractivity contribution in [3.8, 4) is 6.07 Å². The van der Waals surface area contributed by atoms with Gasteiger partial charge in [-0.15, -0.1) is 0 Å². The number of rotatable bonds is 5. The highest BCUT2D eigenvalue weighted by Crippen LogP contribution is 2.06. The summed E-state index contributed by atoms with van der Waals surface area (Å²) in [5.74, 6) is -2.12. The van der Waals surface area contributed by atoms with Crippen LogP contribution in [0.4, 0.5) is 0 Å². The molecule has 0 unspecified atom stereocenters. The summed E-state index contributed by atoms with van der Waals surface area (Å²) in [5.41, 5.74) is 0.286. The highest BCUT2D eigenvalue weighted by molar-refractivity contribution is 5.96. The number of amides is 1. The second-order valence-electron chi connectivity index (χ2n) is 3.87. The molecule has 1 heterocycles. The number of nitrogens with zero attached hydrogens (tertiary/aromatic N) is 2. The number of hydrogen-bond acceptors (Lipinski definition) is 4. The van der Waals surface area contributed by atoms with Gasteiger partial charge in [0.15, 0.2) is 0 Å². The van der Waals surface area contributed by atoms with Crippen LogP contribution < -0.4 is 5.32 Å². The zero-order chi connectivity index (χ0) is 13.5. The molecular weight excluding hydrogens is 234 g/mol. The van der Waals surface area contributed by atoms with Crippen LogP contribution in [0.3, 0.4) is 0 Å². The van der Waals surface area contributed by atoms with Crippen LogP contribution in [0.15, 0.2) is 24.5 Å². The molecule has 6 nitrogen and oxygen atoms in total. The number of nitriles is 1. The van der Waals surface area contributed by atoms with Crippen molar-refractivity contribution in [3.63, 3.8) is 0 Å². The third kappa shape index (κ3) is 3.87. The van der Waals surface area contributed by atoms with Crippen LogP contribution in [0.1, 0.15) is 23.7 Å². The molecular formula is C12H13N3O3. The predicted octanol–water partition coefficient (Wildman–Crippen LogP) is 0.814. The van der Waals surface area contributed by atoms with Crippen LogP contribution >= 0.6 is 0 Å². The topological polar surface area (TPSA) is 103 Å². The van der Waals surface area contributed by atoms with Gasteiger partial charge in [-0.05, 0) is 25.5 Å². The minimum Gasteiger partial charge on any atom is -0.480 e. The summed E-state index contributed by atoms with van der Waals surface area (Å²) in [4.78, 5) is 26.5. The van der Waals surface area contributed by atoms with Gasteiger partial charge in [0.2, 0.25) is 0 Å². The van der Waals surface area contributed by atoms with Gasteiger partial charge in [-0.25, -0.2) is 4.79 Å². The first-order valence-electron chi connectivity index (χ1n) is 5.38. The number of carbonyl (C=O) groups excluding carboxylic acids is 1. The number of carboxylic acid groups (broad SMARTS) is 1. The highest BCUT2D eigenvalue weighted by atomic mass is 16.4. The van der Waals surface area contributed by atoms with E-state index in [4.69, 9.17) is 10.4 Å². The number of pyridine rings is 1. The molecule has 0 bridgehead atoms. The Hall–Kier alpha value is -2.42. The number of hydrogen-bond donors (Lipinski definition) is 2.